The molecule has 2 aliphatic rings. The van der Waals surface area contributed by atoms with Crippen molar-refractivity contribution in [2.45, 2.75) is 19.3 Å². The van der Waals surface area contributed by atoms with Crippen molar-refractivity contribution in [2.24, 2.45) is 11.7 Å². The molecular formula is C22H25N5O4. The lowest BCUT2D eigenvalue weighted by atomic mass is 9.97. The van der Waals surface area contributed by atoms with E-state index in [4.69, 9.17) is 10.5 Å². The van der Waals surface area contributed by atoms with Gasteiger partial charge in [-0.2, -0.15) is 0 Å². The number of hydrogen-bond donors (Lipinski definition) is 2. The highest BCUT2D eigenvalue weighted by molar-refractivity contribution is 5.99. The van der Waals surface area contributed by atoms with Gasteiger partial charge < -0.3 is 25.6 Å². The van der Waals surface area contributed by atoms with E-state index < -0.39 is 0 Å². The van der Waals surface area contributed by atoms with Gasteiger partial charge in [-0.15, -0.1) is 0 Å². The van der Waals surface area contributed by atoms with Gasteiger partial charge >= 0.3 is 0 Å². The third-order valence-electron chi connectivity index (χ3n) is 5.55. The van der Waals surface area contributed by atoms with Crippen LogP contribution in [0, 0.1) is 5.92 Å². The van der Waals surface area contributed by atoms with Crippen LogP contribution in [0.15, 0.2) is 42.6 Å². The summed E-state index contributed by atoms with van der Waals surface area (Å²) in [6.07, 6.45) is 3.43. The summed E-state index contributed by atoms with van der Waals surface area (Å²) in [6, 6.07) is 10.9. The lowest BCUT2D eigenvalue weighted by molar-refractivity contribution is -0.122. The molecule has 2 aliphatic heterocycles. The van der Waals surface area contributed by atoms with Crippen LogP contribution in [0.1, 0.15) is 19.3 Å². The zero-order chi connectivity index (χ0) is 21.8. The van der Waals surface area contributed by atoms with Crippen molar-refractivity contribution in [3.63, 3.8) is 0 Å². The number of amides is 3. The molecule has 0 radical (unpaired) electrons. The van der Waals surface area contributed by atoms with Gasteiger partial charge in [-0.25, -0.2) is 4.98 Å². The number of nitrogens with zero attached hydrogens (tertiary/aromatic N) is 3. The topological polar surface area (TPSA) is 118 Å². The van der Waals surface area contributed by atoms with E-state index >= 15 is 0 Å². The molecule has 3 N–H and O–H groups in total. The number of fused-ring (bicyclic) bond motifs is 1. The molecule has 0 saturated carbocycles. The minimum Gasteiger partial charge on any atom is -0.482 e. The fraction of sp³-hybridized carbons (Fsp3) is 0.364. The number of anilines is 3. The summed E-state index contributed by atoms with van der Waals surface area (Å²) in [5, 5.41) is 2.81. The molecule has 1 aromatic heterocycles. The van der Waals surface area contributed by atoms with Crippen molar-refractivity contribution in [1.82, 2.24) is 4.98 Å². The predicted octanol–water partition coefficient (Wildman–Crippen LogP) is 1.54. The number of para-hydroxylation sites is 2. The molecule has 1 unspecified atom stereocenters. The van der Waals surface area contributed by atoms with Crippen molar-refractivity contribution in [2.75, 3.05) is 41.4 Å². The van der Waals surface area contributed by atoms with E-state index in [-0.39, 0.29) is 43.2 Å². The van der Waals surface area contributed by atoms with E-state index in [1.54, 1.807) is 29.3 Å². The molecule has 1 saturated heterocycles. The maximum Gasteiger partial charge on any atom is 0.265 e. The maximum absolute atomic E-state index is 12.4. The third-order valence-corrected chi connectivity index (χ3v) is 5.55. The molecule has 9 heteroatoms. The van der Waals surface area contributed by atoms with Gasteiger partial charge in [0.05, 0.1) is 23.5 Å². The molecular weight excluding hydrogens is 398 g/mol. The normalized spacial score (nSPS) is 18.2. The quantitative estimate of drug-likeness (QED) is 0.728. The average molecular weight is 423 g/mol. The Morgan fingerprint density at radius 3 is 2.84 bits per heavy atom. The molecule has 0 spiro atoms. The van der Waals surface area contributed by atoms with Crippen molar-refractivity contribution < 1.29 is 19.1 Å². The summed E-state index contributed by atoms with van der Waals surface area (Å²) in [6.45, 7) is 1.61. The highest BCUT2D eigenvalue weighted by atomic mass is 16.5. The van der Waals surface area contributed by atoms with Crippen LogP contribution in [-0.2, 0) is 14.4 Å². The molecule has 3 heterocycles. The van der Waals surface area contributed by atoms with Crippen LogP contribution in [-0.4, -0.2) is 48.9 Å². The molecule has 31 heavy (non-hydrogen) atoms. The van der Waals surface area contributed by atoms with Gasteiger partial charge in [0.2, 0.25) is 11.8 Å². The zero-order valence-corrected chi connectivity index (χ0v) is 17.1. The van der Waals surface area contributed by atoms with Crippen LogP contribution in [0.25, 0.3) is 0 Å². The number of carbonyl (C=O) groups excluding carboxylic acids is 3. The Morgan fingerprint density at radius 2 is 2.06 bits per heavy atom. The monoisotopic (exact) mass is 423 g/mol. The molecule has 0 bridgehead atoms. The summed E-state index contributed by atoms with van der Waals surface area (Å²) in [7, 11) is 0. The first kappa shape index (κ1) is 20.6. The standard InChI is InChI=1S/C22H25N5O4/c23-22(30)15-4-3-10-26(13-15)19-8-7-16(12-24-19)25-20(28)9-11-27-17-5-1-2-6-18(17)31-14-21(27)29/h1-2,5-8,12,15H,3-4,9-11,13-14H2,(H2,23,30)(H,25,28). The molecule has 162 valence electrons. The SMILES string of the molecule is NC(=O)C1CCCN(c2ccc(NC(=O)CCN3C(=O)COc4ccccc43)cn2)C1. The van der Waals surface area contributed by atoms with E-state index in [2.05, 4.69) is 10.3 Å². The van der Waals surface area contributed by atoms with Crippen molar-refractivity contribution in [1.29, 1.82) is 0 Å². The maximum atomic E-state index is 12.4. The Kier molecular flexibility index (Phi) is 6.01. The summed E-state index contributed by atoms with van der Waals surface area (Å²) >= 11 is 0. The van der Waals surface area contributed by atoms with Gasteiger partial charge in [-0.1, -0.05) is 12.1 Å². The Morgan fingerprint density at radius 1 is 1.23 bits per heavy atom. The summed E-state index contributed by atoms with van der Waals surface area (Å²) in [5.74, 6) is 0.558. The average Bonchev–Trinajstić information content (AvgIpc) is 2.79. The number of carbonyl (C=O) groups is 3. The van der Waals surface area contributed by atoms with Gasteiger partial charge in [0.1, 0.15) is 11.6 Å². The second-order valence-corrected chi connectivity index (χ2v) is 7.69. The van der Waals surface area contributed by atoms with Crippen molar-refractivity contribution in [3.05, 3.63) is 42.6 Å². The Bertz CT molecular complexity index is 978. The Hall–Kier alpha value is -3.62. The van der Waals surface area contributed by atoms with E-state index in [1.165, 1.54) is 0 Å². The largest absolute Gasteiger partial charge is 0.482 e. The van der Waals surface area contributed by atoms with E-state index in [1.807, 2.05) is 23.1 Å². The van der Waals surface area contributed by atoms with Crippen molar-refractivity contribution in [3.8, 4) is 5.75 Å². The van der Waals surface area contributed by atoms with Crippen LogP contribution in [0.4, 0.5) is 17.2 Å². The fourth-order valence-electron chi connectivity index (χ4n) is 3.90. The Balaban J connectivity index is 1.32. The first-order valence-electron chi connectivity index (χ1n) is 10.3. The highest BCUT2D eigenvalue weighted by Crippen LogP contribution is 2.31. The predicted molar refractivity (Wildman–Crippen MR) is 116 cm³/mol. The van der Waals surface area contributed by atoms with Gasteiger partial charge in [-0.05, 0) is 37.1 Å². The zero-order valence-electron chi connectivity index (χ0n) is 17.1. The molecule has 1 fully saturated rings. The van der Waals surface area contributed by atoms with Crippen LogP contribution >= 0.6 is 0 Å². The van der Waals surface area contributed by atoms with Gasteiger partial charge in [0.15, 0.2) is 6.61 Å². The van der Waals surface area contributed by atoms with Crippen LogP contribution in [0.2, 0.25) is 0 Å². The highest BCUT2D eigenvalue weighted by Gasteiger charge is 2.26. The molecule has 1 atom stereocenters. The van der Waals surface area contributed by atoms with Crippen LogP contribution in [0.5, 0.6) is 5.75 Å². The number of nitrogens with two attached hydrogens (primary N) is 1. The summed E-state index contributed by atoms with van der Waals surface area (Å²) in [4.78, 5) is 44.1. The molecule has 1 aromatic carbocycles. The third kappa shape index (κ3) is 4.76. The number of rotatable bonds is 6. The molecule has 9 nitrogen and oxygen atoms in total. The van der Waals surface area contributed by atoms with Crippen LogP contribution in [0.3, 0.4) is 0 Å². The lowest BCUT2D eigenvalue weighted by Crippen LogP contribution is -2.41. The number of nitrogens with one attached hydrogen (secondary N) is 1. The first-order chi connectivity index (χ1) is 15.0. The molecule has 0 aliphatic carbocycles. The van der Waals surface area contributed by atoms with Crippen LogP contribution < -0.4 is 25.6 Å². The fourth-order valence-corrected chi connectivity index (χ4v) is 3.90. The number of primary amides is 1. The second-order valence-electron chi connectivity index (χ2n) is 7.69. The minimum atomic E-state index is -0.282. The molecule has 2 aromatic rings. The number of benzene rings is 1. The summed E-state index contributed by atoms with van der Waals surface area (Å²) in [5.41, 5.74) is 6.69. The Labute approximate surface area is 180 Å². The van der Waals surface area contributed by atoms with E-state index in [9.17, 15) is 14.4 Å². The number of ether oxygens (including phenoxy) is 1. The molecule has 3 amide bonds. The second kappa shape index (κ2) is 9.03. The number of hydrogen-bond acceptors (Lipinski definition) is 6. The lowest BCUT2D eigenvalue weighted by Gasteiger charge is -2.32. The van der Waals surface area contributed by atoms with Gasteiger partial charge in [0.25, 0.3) is 5.91 Å². The number of pyridine rings is 1. The van der Waals surface area contributed by atoms with E-state index in [0.717, 1.165) is 25.2 Å². The molecule has 4 rings (SSSR count). The first-order valence-corrected chi connectivity index (χ1v) is 10.3. The van der Waals surface area contributed by atoms with Gasteiger partial charge in [-0.3, -0.25) is 14.4 Å². The van der Waals surface area contributed by atoms with Gasteiger partial charge in [0, 0.05) is 26.1 Å². The number of piperidine rings is 1. The summed E-state index contributed by atoms with van der Waals surface area (Å²) < 4.78 is 5.42. The van der Waals surface area contributed by atoms with E-state index in [0.29, 0.717) is 23.7 Å². The minimum absolute atomic E-state index is 0.0306. The van der Waals surface area contributed by atoms with Crippen molar-refractivity contribution >= 4 is 34.9 Å². The smallest absolute Gasteiger partial charge is 0.265 e. The number of aromatic nitrogens is 1.